The number of nitrogens with two attached hydrogens (primary N) is 1. The van der Waals surface area contributed by atoms with Crippen LogP contribution in [0.15, 0.2) is 40.9 Å². The summed E-state index contributed by atoms with van der Waals surface area (Å²) in [5, 5.41) is 0. The zero-order chi connectivity index (χ0) is 14.0. The van der Waals surface area contributed by atoms with Gasteiger partial charge in [-0.3, -0.25) is 0 Å². The number of benzene rings is 2. The first-order valence-electron chi connectivity index (χ1n) is 5.97. The molecule has 4 heteroatoms. The molecule has 2 aromatic rings. The summed E-state index contributed by atoms with van der Waals surface area (Å²) in [6, 6.07) is 10.1. The Labute approximate surface area is 120 Å². The third-order valence-electron chi connectivity index (χ3n) is 2.79. The number of para-hydroxylation sites is 1. The van der Waals surface area contributed by atoms with Crippen LogP contribution in [0.2, 0.25) is 0 Å². The molecule has 0 aliphatic rings. The number of aryl methyl sites for hydroxylation is 1. The van der Waals surface area contributed by atoms with Crippen molar-refractivity contribution in [3.63, 3.8) is 0 Å². The average Bonchev–Trinajstić information content (AvgIpc) is 2.34. The molecule has 0 saturated carbocycles. The summed E-state index contributed by atoms with van der Waals surface area (Å²) < 4.78 is 20.4. The van der Waals surface area contributed by atoms with Crippen LogP contribution in [0.1, 0.15) is 24.1 Å². The van der Waals surface area contributed by atoms with Gasteiger partial charge in [-0.2, -0.15) is 0 Å². The number of rotatable bonds is 3. The predicted molar refractivity (Wildman–Crippen MR) is 78.0 cm³/mol. The van der Waals surface area contributed by atoms with Gasteiger partial charge >= 0.3 is 0 Å². The second kappa shape index (κ2) is 5.72. The molecular weight excluding hydrogens is 309 g/mol. The zero-order valence-electron chi connectivity index (χ0n) is 10.8. The molecule has 0 aromatic heterocycles. The Bertz CT molecular complexity index is 599. The molecule has 0 aliphatic heterocycles. The molecule has 1 atom stereocenters. The van der Waals surface area contributed by atoms with Gasteiger partial charge < -0.3 is 10.5 Å². The molecule has 0 radical (unpaired) electrons. The van der Waals surface area contributed by atoms with Crippen molar-refractivity contribution in [3.8, 4) is 11.5 Å². The second-order valence-corrected chi connectivity index (χ2v) is 5.34. The van der Waals surface area contributed by atoms with E-state index in [0.29, 0.717) is 11.3 Å². The summed E-state index contributed by atoms with van der Waals surface area (Å²) >= 11 is 3.41. The minimum atomic E-state index is -0.415. The molecule has 0 saturated heterocycles. The highest BCUT2D eigenvalue weighted by Crippen LogP contribution is 2.35. The van der Waals surface area contributed by atoms with E-state index in [1.54, 1.807) is 25.1 Å². The van der Waals surface area contributed by atoms with Gasteiger partial charge in [0.2, 0.25) is 0 Å². The van der Waals surface area contributed by atoms with Crippen molar-refractivity contribution < 1.29 is 9.13 Å². The van der Waals surface area contributed by atoms with Crippen LogP contribution in [0, 0.1) is 12.7 Å². The lowest BCUT2D eigenvalue weighted by Crippen LogP contribution is -2.07. The normalized spacial score (nSPS) is 12.3. The Hall–Kier alpha value is -1.39. The maximum absolute atomic E-state index is 13.9. The number of hydrogen-bond acceptors (Lipinski definition) is 2. The van der Waals surface area contributed by atoms with Gasteiger partial charge in [0, 0.05) is 11.6 Å². The lowest BCUT2D eigenvalue weighted by molar-refractivity contribution is 0.430. The minimum absolute atomic E-state index is 0.182. The van der Waals surface area contributed by atoms with E-state index >= 15 is 0 Å². The lowest BCUT2D eigenvalue weighted by Gasteiger charge is -2.15. The van der Waals surface area contributed by atoms with Gasteiger partial charge in [0.25, 0.3) is 0 Å². The number of hydrogen-bond donors (Lipinski definition) is 1. The van der Waals surface area contributed by atoms with Crippen molar-refractivity contribution in [2.45, 2.75) is 19.9 Å². The summed E-state index contributed by atoms with van der Waals surface area (Å²) in [6.07, 6.45) is 0. The van der Waals surface area contributed by atoms with Crippen molar-refractivity contribution in [2.24, 2.45) is 5.73 Å². The summed E-state index contributed by atoms with van der Waals surface area (Å²) in [5.41, 5.74) is 7.58. The molecule has 2 N–H and O–H groups in total. The Balaban J connectivity index is 2.43. The SMILES string of the molecule is Cc1ccc(Oc2c(F)cccc2C(C)N)c(Br)c1. The van der Waals surface area contributed by atoms with E-state index in [0.717, 1.165) is 10.0 Å². The molecular formula is C15H15BrFNO. The van der Waals surface area contributed by atoms with Crippen LogP contribution in [-0.2, 0) is 0 Å². The van der Waals surface area contributed by atoms with Crippen LogP contribution in [0.3, 0.4) is 0 Å². The third-order valence-corrected chi connectivity index (χ3v) is 3.41. The first-order valence-corrected chi connectivity index (χ1v) is 6.76. The van der Waals surface area contributed by atoms with Crippen LogP contribution in [-0.4, -0.2) is 0 Å². The smallest absolute Gasteiger partial charge is 0.167 e. The van der Waals surface area contributed by atoms with Gasteiger partial charge in [-0.1, -0.05) is 18.2 Å². The van der Waals surface area contributed by atoms with Crippen LogP contribution < -0.4 is 10.5 Å². The molecule has 0 heterocycles. The summed E-state index contributed by atoms with van der Waals surface area (Å²) in [6.45, 7) is 3.77. The maximum atomic E-state index is 13.9. The van der Waals surface area contributed by atoms with Gasteiger partial charge in [-0.15, -0.1) is 0 Å². The molecule has 0 amide bonds. The van der Waals surface area contributed by atoms with Crippen LogP contribution in [0.25, 0.3) is 0 Å². The molecule has 19 heavy (non-hydrogen) atoms. The van der Waals surface area contributed by atoms with Gasteiger partial charge in [-0.25, -0.2) is 4.39 Å². The van der Waals surface area contributed by atoms with Crippen molar-refractivity contribution in [1.29, 1.82) is 0 Å². The zero-order valence-corrected chi connectivity index (χ0v) is 12.4. The molecule has 0 aliphatic carbocycles. The Morgan fingerprint density at radius 2 is 2.00 bits per heavy atom. The number of halogens is 2. The molecule has 0 fully saturated rings. The largest absolute Gasteiger partial charge is 0.453 e. The van der Waals surface area contributed by atoms with Gasteiger partial charge in [0.15, 0.2) is 11.6 Å². The summed E-state index contributed by atoms with van der Waals surface area (Å²) in [7, 11) is 0. The van der Waals surface area contributed by atoms with Crippen molar-refractivity contribution >= 4 is 15.9 Å². The highest BCUT2D eigenvalue weighted by Gasteiger charge is 2.15. The molecule has 2 rings (SSSR count). The molecule has 0 bridgehead atoms. The van der Waals surface area contributed by atoms with Crippen LogP contribution in [0.5, 0.6) is 11.5 Å². The van der Waals surface area contributed by atoms with Crippen molar-refractivity contribution in [2.75, 3.05) is 0 Å². The Morgan fingerprint density at radius 3 is 2.63 bits per heavy atom. The molecule has 2 nitrogen and oxygen atoms in total. The monoisotopic (exact) mass is 323 g/mol. The van der Waals surface area contributed by atoms with E-state index in [1.165, 1.54) is 6.07 Å². The van der Waals surface area contributed by atoms with E-state index in [9.17, 15) is 4.39 Å². The van der Waals surface area contributed by atoms with E-state index in [2.05, 4.69) is 15.9 Å². The van der Waals surface area contributed by atoms with Gasteiger partial charge in [0.1, 0.15) is 5.75 Å². The fraction of sp³-hybridized carbons (Fsp3) is 0.200. The van der Waals surface area contributed by atoms with Gasteiger partial charge in [0.05, 0.1) is 4.47 Å². The van der Waals surface area contributed by atoms with E-state index in [4.69, 9.17) is 10.5 Å². The standard InChI is InChI=1S/C15H15BrFNO/c1-9-6-7-14(12(16)8-9)19-15-11(10(2)18)4-3-5-13(15)17/h3-8,10H,18H2,1-2H3. The summed E-state index contributed by atoms with van der Waals surface area (Å²) in [5.74, 6) is 0.335. The predicted octanol–water partition coefficient (Wildman–Crippen LogP) is 4.71. The molecule has 100 valence electrons. The Kier molecular flexibility index (Phi) is 4.22. The van der Waals surface area contributed by atoms with E-state index in [-0.39, 0.29) is 11.8 Å². The molecule has 0 spiro atoms. The first-order chi connectivity index (χ1) is 8.99. The minimum Gasteiger partial charge on any atom is -0.453 e. The highest BCUT2D eigenvalue weighted by atomic mass is 79.9. The van der Waals surface area contributed by atoms with Crippen LogP contribution in [0.4, 0.5) is 4.39 Å². The Morgan fingerprint density at radius 1 is 1.26 bits per heavy atom. The number of ether oxygens (including phenoxy) is 1. The molecule has 1 unspecified atom stereocenters. The molecule has 2 aromatic carbocycles. The maximum Gasteiger partial charge on any atom is 0.167 e. The van der Waals surface area contributed by atoms with Crippen molar-refractivity contribution in [3.05, 3.63) is 57.8 Å². The van der Waals surface area contributed by atoms with Crippen LogP contribution >= 0.6 is 15.9 Å². The lowest BCUT2D eigenvalue weighted by atomic mass is 10.1. The van der Waals surface area contributed by atoms with Gasteiger partial charge in [-0.05, 0) is 53.5 Å². The quantitative estimate of drug-likeness (QED) is 0.887. The topological polar surface area (TPSA) is 35.2 Å². The second-order valence-electron chi connectivity index (χ2n) is 4.48. The van der Waals surface area contributed by atoms with E-state index < -0.39 is 5.82 Å². The fourth-order valence-corrected chi connectivity index (χ4v) is 2.36. The highest BCUT2D eigenvalue weighted by molar-refractivity contribution is 9.10. The average molecular weight is 324 g/mol. The summed E-state index contributed by atoms with van der Waals surface area (Å²) in [4.78, 5) is 0. The van der Waals surface area contributed by atoms with Crippen molar-refractivity contribution in [1.82, 2.24) is 0 Å². The fourth-order valence-electron chi connectivity index (χ4n) is 1.79. The third kappa shape index (κ3) is 3.14. The first kappa shape index (κ1) is 14.0. The van der Waals surface area contributed by atoms with E-state index in [1.807, 2.05) is 19.1 Å².